The van der Waals surface area contributed by atoms with E-state index in [0.29, 0.717) is 0 Å². The second-order valence-electron chi connectivity index (χ2n) is 7.52. The number of benzene rings is 2. The Morgan fingerprint density at radius 1 is 0.938 bits per heavy atom. The third kappa shape index (κ3) is 5.11. The van der Waals surface area contributed by atoms with Gasteiger partial charge in [-0.15, -0.1) is 0 Å². The number of piperazine rings is 1. The second-order valence-corrected chi connectivity index (χ2v) is 9.96. The number of rotatable bonds is 5. The number of hydrogen-bond donors (Lipinski definition) is 1. The average Bonchev–Trinajstić information content (AvgIpc) is 2.77. The fraction of sp³-hybridized carbons (Fsp3) is 0.318. The van der Waals surface area contributed by atoms with Crippen LogP contribution < -0.4 is 5.32 Å². The Morgan fingerprint density at radius 2 is 1.50 bits per heavy atom. The first-order valence-electron chi connectivity index (χ1n) is 10.0. The van der Waals surface area contributed by atoms with Crippen LogP contribution in [-0.4, -0.2) is 67.5 Å². The maximum atomic E-state index is 13.4. The molecule has 1 saturated heterocycles. The number of amides is 3. The minimum absolute atomic E-state index is 0.0625. The summed E-state index contributed by atoms with van der Waals surface area (Å²) >= 11 is 6.08. The Bertz CT molecular complexity index is 1130. The first kappa shape index (κ1) is 23.7. The van der Waals surface area contributed by atoms with Crippen LogP contribution in [0.1, 0.15) is 22.8 Å². The van der Waals surface area contributed by atoms with Crippen molar-refractivity contribution in [2.24, 2.45) is 0 Å². The standard InChI is InChI=1S/C22H24ClN3O5S/c1-15-7-9-17(10-8-15)32(30,31)21(24-20(28)18-5-3-4-6-19(18)23)22(29)26-13-11-25(12-14-26)16(2)27/h3-10,21H,11-14H2,1-2H3,(H,24,28). The Labute approximate surface area is 192 Å². The highest BCUT2D eigenvalue weighted by molar-refractivity contribution is 7.92. The van der Waals surface area contributed by atoms with Crippen LogP contribution in [0.3, 0.4) is 0 Å². The molecule has 1 heterocycles. The molecule has 0 aliphatic carbocycles. The van der Waals surface area contributed by atoms with Gasteiger partial charge in [-0.25, -0.2) is 8.42 Å². The van der Waals surface area contributed by atoms with Gasteiger partial charge in [0.1, 0.15) is 0 Å². The normalized spacial score (nSPS) is 15.2. The fourth-order valence-electron chi connectivity index (χ4n) is 3.39. The van der Waals surface area contributed by atoms with Crippen molar-refractivity contribution in [2.45, 2.75) is 24.1 Å². The van der Waals surface area contributed by atoms with Crippen molar-refractivity contribution in [3.8, 4) is 0 Å². The average molecular weight is 478 g/mol. The number of carbonyl (C=O) groups excluding carboxylic acids is 3. The monoisotopic (exact) mass is 477 g/mol. The molecule has 1 unspecified atom stereocenters. The zero-order chi connectivity index (χ0) is 23.5. The molecule has 2 aromatic carbocycles. The predicted octanol–water partition coefficient (Wildman–Crippen LogP) is 1.87. The van der Waals surface area contributed by atoms with Crippen LogP contribution in [0.15, 0.2) is 53.4 Å². The van der Waals surface area contributed by atoms with Crippen LogP contribution in [0.4, 0.5) is 0 Å². The van der Waals surface area contributed by atoms with Crippen molar-refractivity contribution in [1.29, 1.82) is 0 Å². The lowest BCUT2D eigenvalue weighted by Crippen LogP contribution is -2.57. The molecular weight excluding hydrogens is 454 g/mol. The van der Waals surface area contributed by atoms with Gasteiger partial charge in [0.2, 0.25) is 21.1 Å². The summed E-state index contributed by atoms with van der Waals surface area (Å²) in [4.78, 5) is 40.6. The molecule has 32 heavy (non-hydrogen) atoms. The highest BCUT2D eigenvalue weighted by Gasteiger charge is 2.39. The zero-order valence-electron chi connectivity index (χ0n) is 17.7. The molecule has 0 aromatic heterocycles. The van der Waals surface area contributed by atoms with Gasteiger partial charge >= 0.3 is 0 Å². The topological polar surface area (TPSA) is 104 Å². The van der Waals surface area contributed by atoms with Crippen molar-refractivity contribution < 1.29 is 22.8 Å². The Kier molecular flexibility index (Phi) is 7.20. The lowest BCUT2D eigenvalue weighted by atomic mass is 10.2. The van der Waals surface area contributed by atoms with E-state index in [0.717, 1.165) is 5.56 Å². The quantitative estimate of drug-likeness (QED) is 0.708. The molecule has 0 bridgehead atoms. The van der Waals surface area contributed by atoms with Gasteiger partial charge in [-0.05, 0) is 31.2 Å². The fourth-order valence-corrected chi connectivity index (χ4v) is 5.07. The molecule has 170 valence electrons. The molecule has 0 radical (unpaired) electrons. The smallest absolute Gasteiger partial charge is 0.261 e. The van der Waals surface area contributed by atoms with E-state index < -0.39 is 27.0 Å². The summed E-state index contributed by atoms with van der Waals surface area (Å²) in [5, 5.41) is 0.678. The van der Waals surface area contributed by atoms with E-state index in [-0.39, 0.29) is 47.6 Å². The Balaban J connectivity index is 1.93. The summed E-state index contributed by atoms with van der Waals surface area (Å²) in [6.07, 6.45) is 0. The maximum absolute atomic E-state index is 13.4. The number of aryl methyl sites for hydroxylation is 1. The molecular formula is C22H24ClN3O5S. The SMILES string of the molecule is CC(=O)N1CCN(C(=O)C(NC(=O)c2ccccc2Cl)S(=O)(=O)c2ccc(C)cc2)CC1. The predicted molar refractivity (Wildman–Crippen MR) is 120 cm³/mol. The van der Waals surface area contributed by atoms with E-state index in [4.69, 9.17) is 11.6 Å². The van der Waals surface area contributed by atoms with E-state index in [9.17, 15) is 22.8 Å². The van der Waals surface area contributed by atoms with Crippen molar-refractivity contribution in [3.63, 3.8) is 0 Å². The summed E-state index contributed by atoms with van der Waals surface area (Å²) < 4.78 is 26.8. The minimum atomic E-state index is -4.26. The van der Waals surface area contributed by atoms with Crippen molar-refractivity contribution in [2.75, 3.05) is 26.2 Å². The van der Waals surface area contributed by atoms with Crippen LogP contribution >= 0.6 is 11.6 Å². The van der Waals surface area contributed by atoms with Gasteiger partial charge < -0.3 is 15.1 Å². The van der Waals surface area contributed by atoms with Crippen LogP contribution in [0, 0.1) is 6.92 Å². The molecule has 1 atom stereocenters. The van der Waals surface area contributed by atoms with E-state index in [1.54, 1.807) is 29.2 Å². The highest BCUT2D eigenvalue weighted by atomic mass is 35.5. The number of hydrogen-bond acceptors (Lipinski definition) is 5. The second kappa shape index (κ2) is 9.70. The van der Waals surface area contributed by atoms with Gasteiger partial charge in [0.05, 0.1) is 15.5 Å². The summed E-state index contributed by atoms with van der Waals surface area (Å²) in [5.41, 5.74) is 0.916. The molecule has 1 aliphatic heterocycles. The van der Waals surface area contributed by atoms with Gasteiger partial charge in [0, 0.05) is 33.1 Å². The molecule has 1 aliphatic rings. The van der Waals surface area contributed by atoms with Crippen LogP contribution in [0.5, 0.6) is 0 Å². The molecule has 3 rings (SSSR count). The third-order valence-corrected chi connectivity index (χ3v) is 7.50. The first-order chi connectivity index (χ1) is 15.1. The lowest BCUT2D eigenvalue weighted by Gasteiger charge is -2.36. The summed E-state index contributed by atoms with van der Waals surface area (Å²) in [6.45, 7) is 4.16. The molecule has 10 heteroatoms. The number of halogens is 1. The van der Waals surface area contributed by atoms with Crippen molar-refractivity contribution in [3.05, 3.63) is 64.7 Å². The molecule has 1 N–H and O–H groups in total. The molecule has 3 amide bonds. The Hall–Kier alpha value is -2.91. The van der Waals surface area contributed by atoms with Gasteiger partial charge in [-0.1, -0.05) is 41.4 Å². The van der Waals surface area contributed by atoms with Gasteiger partial charge in [-0.2, -0.15) is 0 Å². The van der Waals surface area contributed by atoms with Crippen LogP contribution in [0.25, 0.3) is 0 Å². The van der Waals surface area contributed by atoms with Crippen molar-refractivity contribution in [1.82, 2.24) is 15.1 Å². The molecule has 2 aromatic rings. The number of carbonyl (C=O) groups is 3. The molecule has 1 fully saturated rings. The first-order valence-corrected chi connectivity index (χ1v) is 11.9. The summed E-state index contributed by atoms with van der Waals surface area (Å²) in [5.74, 6) is -1.64. The van der Waals surface area contributed by atoms with E-state index in [2.05, 4.69) is 5.32 Å². The van der Waals surface area contributed by atoms with Crippen LogP contribution in [0.2, 0.25) is 5.02 Å². The summed E-state index contributed by atoms with van der Waals surface area (Å²) in [6, 6.07) is 12.2. The van der Waals surface area contributed by atoms with E-state index in [1.165, 1.54) is 36.1 Å². The summed E-state index contributed by atoms with van der Waals surface area (Å²) in [7, 11) is -4.26. The molecule has 0 saturated carbocycles. The molecule has 0 spiro atoms. The number of nitrogens with one attached hydrogen (secondary N) is 1. The maximum Gasteiger partial charge on any atom is 0.261 e. The largest absolute Gasteiger partial charge is 0.339 e. The minimum Gasteiger partial charge on any atom is -0.339 e. The Morgan fingerprint density at radius 3 is 2.06 bits per heavy atom. The van der Waals surface area contributed by atoms with Crippen LogP contribution in [-0.2, 0) is 19.4 Å². The van der Waals surface area contributed by atoms with Gasteiger partial charge in [0.25, 0.3) is 11.8 Å². The highest BCUT2D eigenvalue weighted by Crippen LogP contribution is 2.20. The molecule has 8 nitrogen and oxygen atoms in total. The van der Waals surface area contributed by atoms with E-state index >= 15 is 0 Å². The number of nitrogens with zero attached hydrogens (tertiary/aromatic N) is 2. The zero-order valence-corrected chi connectivity index (χ0v) is 19.3. The lowest BCUT2D eigenvalue weighted by molar-refractivity contribution is -0.138. The van der Waals surface area contributed by atoms with E-state index in [1.807, 2.05) is 6.92 Å². The van der Waals surface area contributed by atoms with Gasteiger partial charge in [-0.3, -0.25) is 14.4 Å². The number of sulfone groups is 1. The third-order valence-electron chi connectivity index (χ3n) is 5.30. The van der Waals surface area contributed by atoms with Gasteiger partial charge in [0.15, 0.2) is 0 Å². The van der Waals surface area contributed by atoms with Crippen molar-refractivity contribution >= 4 is 39.2 Å².